The summed E-state index contributed by atoms with van der Waals surface area (Å²) in [6, 6.07) is 0. The molecule has 0 atom stereocenters. The molecule has 3 nitrogen and oxygen atoms in total. The van der Waals surface area contributed by atoms with Gasteiger partial charge in [0.05, 0.1) is 6.54 Å². The van der Waals surface area contributed by atoms with Crippen LogP contribution in [0.3, 0.4) is 0 Å². The first-order valence-electron chi connectivity index (χ1n) is 7.81. The molecule has 0 radical (unpaired) electrons. The van der Waals surface area contributed by atoms with E-state index in [1.807, 2.05) is 4.90 Å². The summed E-state index contributed by atoms with van der Waals surface area (Å²) in [7, 11) is 0. The number of amides is 1. The number of carbonyl (C=O) groups excluding carboxylic acids is 2. The molecular formula is C16H27NO2. The van der Waals surface area contributed by atoms with Crippen LogP contribution < -0.4 is 0 Å². The second-order valence-electron chi connectivity index (χ2n) is 6.87. The summed E-state index contributed by atoms with van der Waals surface area (Å²) in [5.74, 6) is 1.13. The van der Waals surface area contributed by atoms with Gasteiger partial charge >= 0.3 is 0 Å². The molecule has 1 amide bonds. The number of rotatable bonds is 3. The van der Waals surface area contributed by atoms with Crippen LogP contribution in [-0.4, -0.2) is 28.7 Å². The molecule has 2 fully saturated rings. The first kappa shape index (κ1) is 14.5. The number of hydrogen-bond donors (Lipinski definition) is 0. The van der Waals surface area contributed by atoms with Crippen molar-refractivity contribution < 1.29 is 9.59 Å². The molecule has 0 N–H and O–H groups in total. The van der Waals surface area contributed by atoms with E-state index in [4.69, 9.17) is 0 Å². The smallest absolute Gasteiger partial charge is 0.223 e. The van der Waals surface area contributed by atoms with E-state index in [0.29, 0.717) is 19.4 Å². The topological polar surface area (TPSA) is 37.4 Å². The van der Waals surface area contributed by atoms with E-state index in [-0.39, 0.29) is 17.2 Å². The third-order valence-electron chi connectivity index (χ3n) is 4.87. The Hall–Kier alpha value is -0.860. The van der Waals surface area contributed by atoms with Crippen molar-refractivity contribution in [3.8, 4) is 0 Å². The Kier molecular flexibility index (Phi) is 4.64. The maximum atomic E-state index is 12.4. The van der Waals surface area contributed by atoms with Crippen LogP contribution in [0, 0.1) is 5.92 Å². The van der Waals surface area contributed by atoms with Gasteiger partial charge in [0, 0.05) is 18.4 Å². The fourth-order valence-corrected chi connectivity index (χ4v) is 3.41. The predicted molar refractivity (Wildman–Crippen MR) is 75.8 cm³/mol. The molecule has 1 aliphatic heterocycles. The number of Topliss-reactive ketones (excluding diaryl/α,β-unsaturated/α-hetero) is 1. The molecule has 1 saturated carbocycles. The molecule has 0 unspecified atom stereocenters. The Morgan fingerprint density at radius 3 is 2.63 bits per heavy atom. The van der Waals surface area contributed by atoms with E-state index in [1.165, 1.54) is 32.1 Å². The van der Waals surface area contributed by atoms with Gasteiger partial charge in [0.15, 0.2) is 5.78 Å². The van der Waals surface area contributed by atoms with Gasteiger partial charge < -0.3 is 4.90 Å². The van der Waals surface area contributed by atoms with E-state index >= 15 is 0 Å². The highest BCUT2D eigenvalue weighted by Gasteiger charge is 2.36. The molecule has 2 rings (SSSR count). The molecule has 0 aromatic carbocycles. The van der Waals surface area contributed by atoms with E-state index in [2.05, 4.69) is 13.8 Å². The highest BCUT2D eigenvalue weighted by Crippen LogP contribution is 2.30. The van der Waals surface area contributed by atoms with E-state index < -0.39 is 0 Å². The average Bonchev–Trinajstić information content (AvgIpc) is 2.40. The monoisotopic (exact) mass is 265 g/mol. The van der Waals surface area contributed by atoms with Crippen molar-refractivity contribution in [1.29, 1.82) is 0 Å². The number of ketones is 1. The van der Waals surface area contributed by atoms with Crippen molar-refractivity contribution in [3.05, 3.63) is 0 Å². The zero-order valence-corrected chi connectivity index (χ0v) is 12.4. The first-order chi connectivity index (χ1) is 8.99. The molecule has 0 aromatic heterocycles. The van der Waals surface area contributed by atoms with Crippen LogP contribution in [0.15, 0.2) is 0 Å². The normalized spacial score (nSPS) is 24.5. The van der Waals surface area contributed by atoms with Crippen molar-refractivity contribution in [2.45, 2.75) is 77.2 Å². The lowest BCUT2D eigenvalue weighted by Gasteiger charge is -2.42. The van der Waals surface area contributed by atoms with Gasteiger partial charge in [-0.1, -0.05) is 32.1 Å². The number of likely N-dealkylation sites (tertiary alicyclic amines) is 1. The Balaban J connectivity index is 1.85. The lowest BCUT2D eigenvalue weighted by atomic mass is 9.85. The standard InChI is InChI=1S/C16H27NO2/c1-16(2)11-10-14(18)12-17(16)15(19)9-8-13-6-4-3-5-7-13/h13H,3-12H2,1-2H3. The zero-order valence-electron chi connectivity index (χ0n) is 12.4. The number of carbonyl (C=O) groups is 2. The zero-order chi connectivity index (χ0) is 13.9. The van der Waals surface area contributed by atoms with Gasteiger partial charge in [0.2, 0.25) is 5.91 Å². The first-order valence-corrected chi connectivity index (χ1v) is 7.81. The van der Waals surface area contributed by atoms with Crippen LogP contribution in [0.5, 0.6) is 0 Å². The molecule has 0 aromatic rings. The second-order valence-corrected chi connectivity index (χ2v) is 6.87. The number of nitrogens with zero attached hydrogens (tertiary/aromatic N) is 1. The summed E-state index contributed by atoms with van der Waals surface area (Å²) < 4.78 is 0. The van der Waals surface area contributed by atoms with Gasteiger partial charge in [0.1, 0.15) is 0 Å². The molecule has 0 spiro atoms. The molecule has 1 aliphatic carbocycles. The molecular weight excluding hydrogens is 238 g/mol. The largest absolute Gasteiger partial charge is 0.330 e. The minimum Gasteiger partial charge on any atom is -0.330 e. The Bertz CT molecular complexity index is 343. The average molecular weight is 265 g/mol. The van der Waals surface area contributed by atoms with Crippen molar-refractivity contribution in [3.63, 3.8) is 0 Å². The van der Waals surface area contributed by atoms with Crippen molar-refractivity contribution >= 4 is 11.7 Å². The second kappa shape index (κ2) is 6.06. The summed E-state index contributed by atoms with van der Waals surface area (Å²) in [4.78, 5) is 25.8. The van der Waals surface area contributed by atoms with E-state index in [0.717, 1.165) is 18.8 Å². The third-order valence-corrected chi connectivity index (χ3v) is 4.87. The van der Waals surface area contributed by atoms with Crippen LogP contribution in [0.1, 0.15) is 71.6 Å². The molecule has 2 aliphatic rings. The molecule has 1 heterocycles. The fraction of sp³-hybridized carbons (Fsp3) is 0.875. The van der Waals surface area contributed by atoms with Gasteiger partial charge in [-0.05, 0) is 32.6 Å². The lowest BCUT2D eigenvalue weighted by Crippen LogP contribution is -2.53. The van der Waals surface area contributed by atoms with Crippen molar-refractivity contribution in [1.82, 2.24) is 4.90 Å². The minimum absolute atomic E-state index is 0.141. The highest BCUT2D eigenvalue weighted by molar-refractivity contribution is 5.88. The minimum atomic E-state index is -0.141. The number of hydrogen-bond acceptors (Lipinski definition) is 2. The van der Waals surface area contributed by atoms with Crippen LogP contribution >= 0.6 is 0 Å². The molecule has 1 saturated heterocycles. The van der Waals surface area contributed by atoms with Crippen LogP contribution in [0.25, 0.3) is 0 Å². The molecule has 3 heteroatoms. The van der Waals surface area contributed by atoms with Gasteiger partial charge in [-0.15, -0.1) is 0 Å². The third kappa shape index (κ3) is 3.80. The summed E-state index contributed by atoms with van der Waals surface area (Å²) in [5.41, 5.74) is -0.141. The van der Waals surface area contributed by atoms with Gasteiger partial charge in [0.25, 0.3) is 0 Å². The van der Waals surface area contributed by atoms with Crippen LogP contribution in [0.2, 0.25) is 0 Å². The number of piperidine rings is 1. The van der Waals surface area contributed by atoms with Crippen LogP contribution in [-0.2, 0) is 9.59 Å². The van der Waals surface area contributed by atoms with Crippen molar-refractivity contribution in [2.24, 2.45) is 5.92 Å². The lowest BCUT2D eigenvalue weighted by molar-refractivity contribution is -0.144. The van der Waals surface area contributed by atoms with Crippen LogP contribution in [0.4, 0.5) is 0 Å². The summed E-state index contributed by atoms with van der Waals surface area (Å²) >= 11 is 0. The quantitative estimate of drug-likeness (QED) is 0.785. The highest BCUT2D eigenvalue weighted by atomic mass is 16.2. The summed E-state index contributed by atoms with van der Waals surface area (Å²) in [6.07, 6.45) is 9.66. The Morgan fingerprint density at radius 1 is 1.26 bits per heavy atom. The molecule has 108 valence electrons. The predicted octanol–water partition coefficient (Wildman–Crippen LogP) is 3.32. The summed E-state index contributed by atoms with van der Waals surface area (Å²) in [6.45, 7) is 4.49. The molecule has 0 bridgehead atoms. The van der Waals surface area contributed by atoms with Gasteiger partial charge in [-0.25, -0.2) is 0 Å². The maximum absolute atomic E-state index is 12.4. The maximum Gasteiger partial charge on any atom is 0.223 e. The van der Waals surface area contributed by atoms with Crippen molar-refractivity contribution in [2.75, 3.05) is 6.54 Å². The SMILES string of the molecule is CC1(C)CCC(=O)CN1C(=O)CCC1CCCCC1. The van der Waals surface area contributed by atoms with Gasteiger partial charge in [-0.2, -0.15) is 0 Å². The summed E-state index contributed by atoms with van der Waals surface area (Å²) in [5, 5.41) is 0. The Labute approximate surface area is 116 Å². The fourth-order valence-electron chi connectivity index (χ4n) is 3.41. The van der Waals surface area contributed by atoms with Gasteiger partial charge in [-0.3, -0.25) is 9.59 Å². The van der Waals surface area contributed by atoms with E-state index in [1.54, 1.807) is 0 Å². The molecule has 19 heavy (non-hydrogen) atoms. The van der Waals surface area contributed by atoms with E-state index in [9.17, 15) is 9.59 Å². The Morgan fingerprint density at radius 2 is 1.95 bits per heavy atom.